The van der Waals surface area contributed by atoms with Crippen molar-refractivity contribution in [1.82, 2.24) is 24.5 Å². The van der Waals surface area contributed by atoms with Gasteiger partial charge in [0.2, 0.25) is 5.91 Å². The highest BCUT2D eigenvalue weighted by Gasteiger charge is 2.65. The first-order chi connectivity index (χ1) is 17.2. The molecule has 4 aromatic rings. The van der Waals surface area contributed by atoms with Crippen molar-refractivity contribution >= 4 is 29.1 Å². The van der Waals surface area contributed by atoms with Gasteiger partial charge in [-0.2, -0.15) is 5.10 Å². The highest BCUT2D eigenvalue weighted by atomic mass is 35.5. The molecule has 3 aromatic heterocycles. The summed E-state index contributed by atoms with van der Waals surface area (Å²) >= 11 is 6.76. The molecule has 184 valence electrons. The number of fused-ring (bicyclic) bond motifs is 2. The summed E-state index contributed by atoms with van der Waals surface area (Å²) in [5.41, 5.74) is 9.86. The number of rotatable bonds is 6. The van der Waals surface area contributed by atoms with Gasteiger partial charge in [-0.3, -0.25) is 18.7 Å². The number of aryl methyl sites for hydroxylation is 2. The molecule has 5 heterocycles. The molecule has 7 rings (SSSR count). The van der Waals surface area contributed by atoms with E-state index in [-0.39, 0.29) is 11.8 Å². The van der Waals surface area contributed by atoms with E-state index in [0.717, 1.165) is 22.4 Å². The number of nitrogens with zero attached hydrogens (tertiary/aromatic N) is 4. The van der Waals surface area contributed by atoms with E-state index in [4.69, 9.17) is 27.1 Å². The van der Waals surface area contributed by atoms with Gasteiger partial charge in [-0.25, -0.2) is 4.98 Å². The molecule has 0 atom stereocenters. The fourth-order valence-corrected chi connectivity index (χ4v) is 5.84. The third kappa shape index (κ3) is 3.42. The first-order valence-corrected chi connectivity index (χ1v) is 12.1. The molecule has 2 bridgehead atoms. The smallest absolute Gasteiger partial charge is 0.251 e. The summed E-state index contributed by atoms with van der Waals surface area (Å²) < 4.78 is 9.35. The summed E-state index contributed by atoms with van der Waals surface area (Å²) in [6.45, 7) is 2.61. The first-order valence-electron chi connectivity index (χ1n) is 11.7. The standard InChI is InChI=1S/C26H25ClN6O3/c1-15-19(10-32(2)31-15)17-5-3-4-6-18(17)21-22(27)33-8-7-16(9-20(33)30-21)23(34)29-13-26-11-25(12-26,14-36-26)24(28)35/h3-10H,11-14H2,1-2H3,(H2,28,35)(H,29,34). The maximum atomic E-state index is 12.9. The molecule has 3 aliphatic rings. The van der Waals surface area contributed by atoms with E-state index < -0.39 is 11.0 Å². The van der Waals surface area contributed by atoms with E-state index in [2.05, 4.69) is 10.4 Å². The van der Waals surface area contributed by atoms with Crippen LogP contribution < -0.4 is 11.1 Å². The number of nitrogens with one attached hydrogen (secondary N) is 1. The molecule has 0 radical (unpaired) electrons. The van der Waals surface area contributed by atoms with Crippen molar-refractivity contribution in [2.45, 2.75) is 25.4 Å². The van der Waals surface area contributed by atoms with Gasteiger partial charge in [-0.05, 0) is 37.5 Å². The minimum Gasteiger partial charge on any atom is -0.372 e. The molecule has 36 heavy (non-hydrogen) atoms. The van der Waals surface area contributed by atoms with Crippen LogP contribution in [0.2, 0.25) is 5.15 Å². The van der Waals surface area contributed by atoms with Crippen LogP contribution in [0.15, 0.2) is 48.8 Å². The van der Waals surface area contributed by atoms with Gasteiger partial charge in [0.15, 0.2) is 0 Å². The number of nitrogens with two attached hydrogens (primary N) is 1. The normalized spacial score (nSPS) is 22.5. The molecule has 0 unspecified atom stereocenters. The lowest BCUT2D eigenvalue weighted by molar-refractivity contribution is -0.132. The summed E-state index contributed by atoms with van der Waals surface area (Å²) in [6.07, 6.45) is 4.81. The predicted molar refractivity (Wildman–Crippen MR) is 134 cm³/mol. The van der Waals surface area contributed by atoms with Gasteiger partial charge in [-0.15, -0.1) is 0 Å². The van der Waals surface area contributed by atoms with Crippen LogP contribution in [0.5, 0.6) is 0 Å². The lowest BCUT2D eigenvalue weighted by Crippen LogP contribution is -2.56. The number of carbonyl (C=O) groups excluding carboxylic acids is 2. The van der Waals surface area contributed by atoms with E-state index >= 15 is 0 Å². The average Bonchev–Trinajstić information content (AvgIpc) is 3.58. The fourth-order valence-electron chi connectivity index (χ4n) is 5.56. The Kier molecular flexibility index (Phi) is 5.00. The van der Waals surface area contributed by atoms with Gasteiger partial charge in [0.05, 0.1) is 23.3 Å². The molecule has 1 saturated carbocycles. The van der Waals surface area contributed by atoms with Gasteiger partial charge in [0, 0.05) is 42.7 Å². The quantitative estimate of drug-likeness (QED) is 0.418. The molecule has 1 aliphatic carbocycles. The molecule has 3 fully saturated rings. The number of ether oxygens (including phenoxy) is 1. The van der Waals surface area contributed by atoms with Gasteiger partial charge in [-0.1, -0.05) is 35.9 Å². The van der Waals surface area contributed by atoms with Crippen molar-refractivity contribution in [1.29, 1.82) is 0 Å². The van der Waals surface area contributed by atoms with Gasteiger partial charge in [0.1, 0.15) is 16.5 Å². The van der Waals surface area contributed by atoms with Crippen LogP contribution in [-0.4, -0.2) is 49.7 Å². The minimum atomic E-state index is -0.572. The van der Waals surface area contributed by atoms with E-state index in [1.165, 1.54) is 0 Å². The van der Waals surface area contributed by atoms with Crippen molar-refractivity contribution in [2.24, 2.45) is 18.2 Å². The Bertz CT molecular complexity index is 1550. The number of carbonyl (C=O) groups is 2. The molecular formula is C26H25ClN6O3. The summed E-state index contributed by atoms with van der Waals surface area (Å²) in [5.74, 6) is -0.578. The minimum absolute atomic E-state index is 0.244. The number of aromatic nitrogens is 4. The molecule has 2 amide bonds. The SMILES string of the molecule is Cc1nn(C)cc1-c1ccccc1-c1nc2cc(C(=O)NCC34CC(C(N)=O)(CO3)C4)ccn2c1Cl. The highest BCUT2D eigenvalue weighted by Crippen LogP contribution is 2.57. The van der Waals surface area contributed by atoms with Crippen molar-refractivity contribution in [3.8, 4) is 22.4 Å². The van der Waals surface area contributed by atoms with Gasteiger partial charge in [0.25, 0.3) is 5.91 Å². The molecule has 2 aliphatic heterocycles. The Balaban J connectivity index is 1.27. The Labute approximate surface area is 212 Å². The van der Waals surface area contributed by atoms with E-state index in [0.29, 0.717) is 48.1 Å². The number of imidazole rings is 1. The summed E-state index contributed by atoms with van der Waals surface area (Å²) in [5, 5.41) is 7.86. The van der Waals surface area contributed by atoms with E-state index in [9.17, 15) is 9.59 Å². The average molecular weight is 505 g/mol. The monoisotopic (exact) mass is 504 g/mol. The molecule has 10 heteroatoms. The Morgan fingerprint density at radius 3 is 2.61 bits per heavy atom. The molecular weight excluding hydrogens is 480 g/mol. The third-order valence-electron chi connectivity index (χ3n) is 7.39. The van der Waals surface area contributed by atoms with Crippen molar-refractivity contribution in [2.75, 3.05) is 13.2 Å². The first kappa shape index (κ1) is 22.8. The Morgan fingerprint density at radius 1 is 1.19 bits per heavy atom. The second kappa shape index (κ2) is 7.91. The van der Waals surface area contributed by atoms with Crippen LogP contribution >= 0.6 is 11.6 Å². The topological polar surface area (TPSA) is 117 Å². The Hall–Kier alpha value is -3.69. The zero-order valence-electron chi connectivity index (χ0n) is 19.9. The Morgan fingerprint density at radius 2 is 1.94 bits per heavy atom. The van der Waals surface area contributed by atoms with Gasteiger partial charge < -0.3 is 15.8 Å². The number of hydrogen-bond acceptors (Lipinski definition) is 5. The van der Waals surface area contributed by atoms with E-state index in [1.807, 2.05) is 44.4 Å². The van der Waals surface area contributed by atoms with Crippen LogP contribution in [-0.2, 0) is 16.6 Å². The maximum Gasteiger partial charge on any atom is 0.251 e. The van der Waals surface area contributed by atoms with Crippen LogP contribution in [0.4, 0.5) is 0 Å². The van der Waals surface area contributed by atoms with Crippen molar-refractivity contribution in [3.63, 3.8) is 0 Å². The number of hydrogen-bond donors (Lipinski definition) is 2. The van der Waals surface area contributed by atoms with Crippen LogP contribution in [0, 0.1) is 12.3 Å². The number of amides is 2. The molecule has 9 nitrogen and oxygen atoms in total. The summed E-state index contributed by atoms with van der Waals surface area (Å²) in [4.78, 5) is 29.4. The summed E-state index contributed by atoms with van der Waals surface area (Å²) in [7, 11) is 1.89. The zero-order valence-corrected chi connectivity index (χ0v) is 20.7. The third-order valence-corrected chi connectivity index (χ3v) is 7.75. The number of pyridine rings is 1. The highest BCUT2D eigenvalue weighted by molar-refractivity contribution is 6.32. The van der Waals surface area contributed by atoms with E-state index in [1.54, 1.807) is 27.4 Å². The lowest BCUT2D eigenvalue weighted by atomic mass is 9.62. The molecule has 1 aromatic carbocycles. The summed E-state index contributed by atoms with van der Waals surface area (Å²) in [6, 6.07) is 11.3. The largest absolute Gasteiger partial charge is 0.372 e. The number of benzene rings is 1. The predicted octanol–water partition coefficient (Wildman–Crippen LogP) is 3.13. The molecule has 0 spiro atoms. The fraction of sp³-hybridized carbons (Fsp3) is 0.308. The maximum absolute atomic E-state index is 12.9. The van der Waals surface area contributed by atoms with Crippen LogP contribution in [0.1, 0.15) is 28.9 Å². The van der Waals surface area contributed by atoms with Crippen LogP contribution in [0.25, 0.3) is 28.0 Å². The number of primary amides is 1. The van der Waals surface area contributed by atoms with Crippen molar-refractivity contribution < 1.29 is 14.3 Å². The van der Waals surface area contributed by atoms with Crippen molar-refractivity contribution in [3.05, 3.63) is 65.2 Å². The lowest BCUT2D eigenvalue weighted by Gasteiger charge is -2.42. The second-order valence-corrected chi connectivity index (χ2v) is 10.3. The molecule has 2 saturated heterocycles. The molecule has 3 N–H and O–H groups in total. The second-order valence-electron chi connectivity index (χ2n) is 9.89. The number of halogens is 1. The van der Waals surface area contributed by atoms with Crippen LogP contribution in [0.3, 0.4) is 0 Å². The zero-order chi connectivity index (χ0) is 25.2. The van der Waals surface area contributed by atoms with Gasteiger partial charge >= 0.3 is 0 Å².